The van der Waals surface area contributed by atoms with Crippen LogP contribution in [0.2, 0.25) is 0 Å². The van der Waals surface area contributed by atoms with Crippen molar-refractivity contribution < 1.29 is 14.0 Å². The molecule has 0 aliphatic carbocycles. The van der Waals surface area contributed by atoms with E-state index in [1.807, 2.05) is 13.8 Å². The molecule has 0 spiro atoms. The number of carbonyl (C=O) groups is 2. The highest BCUT2D eigenvalue weighted by Gasteiger charge is 2.17. The number of hydrogen-bond acceptors (Lipinski definition) is 3. The maximum Gasteiger partial charge on any atom is 0.231 e. The Kier molecular flexibility index (Phi) is 5.63. The topological polar surface area (TPSA) is 63.4 Å². The molecular weight excluding hydrogens is 247 g/mol. The molecule has 0 atom stereocenters. The van der Waals surface area contributed by atoms with Crippen molar-refractivity contribution in [2.75, 3.05) is 13.1 Å². The van der Waals surface area contributed by atoms with Crippen molar-refractivity contribution in [3.8, 4) is 0 Å². The molecule has 1 aromatic carbocycles. The molecule has 0 aromatic heterocycles. The SMILES string of the molecule is CC(C)N(CC(N)=O)CC(=O)Cc1ccccc1F. The van der Waals surface area contributed by atoms with E-state index in [1.54, 1.807) is 23.1 Å². The average molecular weight is 266 g/mol. The van der Waals surface area contributed by atoms with Gasteiger partial charge in [-0.25, -0.2) is 4.39 Å². The lowest BCUT2D eigenvalue weighted by molar-refractivity contribution is -0.122. The zero-order valence-corrected chi connectivity index (χ0v) is 11.2. The summed E-state index contributed by atoms with van der Waals surface area (Å²) < 4.78 is 13.4. The molecule has 0 fully saturated rings. The van der Waals surface area contributed by atoms with Gasteiger partial charge in [0.15, 0.2) is 5.78 Å². The number of carbonyl (C=O) groups excluding carboxylic acids is 2. The third-order valence-corrected chi connectivity index (χ3v) is 2.81. The summed E-state index contributed by atoms with van der Waals surface area (Å²) in [7, 11) is 0. The summed E-state index contributed by atoms with van der Waals surface area (Å²) in [5.74, 6) is -1.01. The second kappa shape index (κ2) is 6.99. The third kappa shape index (κ3) is 5.18. The zero-order valence-electron chi connectivity index (χ0n) is 11.2. The maximum atomic E-state index is 13.4. The van der Waals surface area contributed by atoms with E-state index in [4.69, 9.17) is 5.73 Å². The molecule has 0 saturated carbocycles. The van der Waals surface area contributed by atoms with Crippen LogP contribution >= 0.6 is 0 Å². The summed E-state index contributed by atoms with van der Waals surface area (Å²) in [5, 5.41) is 0. The number of primary amides is 1. The zero-order chi connectivity index (χ0) is 14.4. The minimum absolute atomic E-state index is 0.0225. The highest BCUT2D eigenvalue weighted by molar-refractivity contribution is 5.84. The van der Waals surface area contributed by atoms with Gasteiger partial charge in [-0.05, 0) is 25.5 Å². The predicted octanol–water partition coefficient (Wildman–Crippen LogP) is 1.13. The van der Waals surface area contributed by atoms with Crippen molar-refractivity contribution >= 4 is 11.7 Å². The number of halogens is 1. The molecule has 5 heteroatoms. The molecule has 0 aliphatic heterocycles. The third-order valence-electron chi connectivity index (χ3n) is 2.81. The number of amides is 1. The first-order valence-corrected chi connectivity index (χ1v) is 6.17. The van der Waals surface area contributed by atoms with Crippen LogP contribution in [0.3, 0.4) is 0 Å². The number of rotatable bonds is 7. The Hall–Kier alpha value is -1.75. The minimum Gasteiger partial charge on any atom is -0.369 e. The first kappa shape index (κ1) is 15.3. The lowest BCUT2D eigenvalue weighted by Crippen LogP contribution is -2.42. The first-order valence-electron chi connectivity index (χ1n) is 6.17. The van der Waals surface area contributed by atoms with E-state index in [0.29, 0.717) is 5.56 Å². The van der Waals surface area contributed by atoms with Gasteiger partial charge in [0, 0.05) is 12.5 Å². The molecule has 0 radical (unpaired) electrons. The fraction of sp³-hybridized carbons (Fsp3) is 0.429. The molecular formula is C14H19FN2O2. The number of hydrogen-bond donors (Lipinski definition) is 1. The van der Waals surface area contributed by atoms with Gasteiger partial charge in [0.05, 0.1) is 13.1 Å². The van der Waals surface area contributed by atoms with Crippen molar-refractivity contribution in [2.24, 2.45) is 5.73 Å². The van der Waals surface area contributed by atoms with Crippen molar-refractivity contribution in [3.63, 3.8) is 0 Å². The molecule has 0 unspecified atom stereocenters. The van der Waals surface area contributed by atoms with E-state index >= 15 is 0 Å². The van der Waals surface area contributed by atoms with Crippen LogP contribution in [0.1, 0.15) is 19.4 Å². The summed E-state index contributed by atoms with van der Waals surface area (Å²) in [5.41, 5.74) is 5.50. The molecule has 0 aliphatic rings. The molecule has 2 N–H and O–H groups in total. The van der Waals surface area contributed by atoms with E-state index in [-0.39, 0.29) is 37.2 Å². The van der Waals surface area contributed by atoms with Crippen LogP contribution in [0.25, 0.3) is 0 Å². The van der Waals surface area contributed by atoms with Gasteiger partial charge in [0.2, 0.25) is 5.91 Å². The van der Waals surface area contributed by atoms with Gasteiger partial charge < -0.3 is 5.73 Å². The molecule has 1 amide bonds. The Balaban J connectivity index is 2.63. The quantitative estimate of drug-likeness (QED) is 0.804. The van der Waals surface area contributed by atoms with Crippen LogP contribution in [0, 0.1) is 5.82 Å². The lowest BCUT2D eigenvalue weighted by atomic mass is 10.1. The van der Waals surface area contributed by atoms with Crippen LogP contribution in [-0.2, 0) is 16.0 Å². The molecule has 4 nitrogen and oxygen atoms in total. The Morgan fingerprint density at radius 3 is 2.42 bits per heavy atom. The van der Waals surface area contributed by atoms with Gasteiger partial charge in [-0.3, -0.25) is 14.5 Å². The van der Waals surface area contributed by atoms with Crippen molar-refractivity contribution in [1.29, 1.82) is 0 Å². The van der Waals surface area contributed by atoms with E-state index in [0.717, 1.165) is 0 Å². The second-order valence-electron chi connectivity index (χ2n) is 4.77. The van der Waals surface area contributed by atoms with Gasteiger partial charge in [0.25, 0.3) is 0 Å². The Morgan fingerprint density at radius 1 is 1.26 bits per heavy atom. The molecule has 104 valence electrons. The maximum absolute atomic E-state index is 13.4. The number of benzene rings is 1. The highest BCUT2D eigenvalue weighted by Crippen LogP contribution is 2.08. The van der Waals surface area contributed by atoms with Crippen molar-refractivity contribution in [1.82, 2.24) is 4.90 Å². The minimum atomic E-state index is -0.479. The second-order valence-corrected chi connectivity index (χ2v) is 4.77. The normalized spacial score (nSPS) is 11.0. The Labute approximate surface area is 112 Å². The predicted molar refractivity (Wildman–Crippen MR) is 71.0 cm³/mol. The van der Waals surface area contributed by atoms with Crippen LogP contribution < -0.4 is 5.73 Å². The number of Topliss-reactive ketones (excluding diaryl/α,β-unsaturated/α-hetero) is 1. The summed E-state index contributed by atoms with van der Waals surface area (Å²) in [6.07, 6.45) is 0.0225. The Morgan fingerprint density at radius 2 is 1.89 bits per heavy atom. The van der Waals surface area contributed by atoms with E-state index in [1.165, 1.54) is 6.07 Å². The average Bonchev–Trinajstić information content (AvgIpc) is 2.30. The van der Waals surface area contributed by atoms with Crippen LogP contribution in [-0.4, -0.2) is 35.7 Å². The number of nitrogens with two attached hydrogens (primary N) is 1. The summed E-state index contributed by atoms with van der Waals surface area (Å²) in [4.78, 5) is 24.5. The number of ketones is 1. The summed E-state index contributed by atoms with van der Waals surface area (Å²) in [6, 6.07) is 6.21. The van der Waals surface area contributed by atoms with Crippen LogP contribution in [0.15, 0.2) is 24.3 Å². The summed E-state index contributed by atoms with van der Waals surface area (Å²) in [6.45, 7) is 3.87. The largest absolute Gasteiger partial charge is 0.369 e. The van der Waals surface area contributed by atoms with Gasteiger partial charge in [0.1, 0.15) is 5.82 Å². The molecule has 1 rings (SSSR count). The smallest absolute Gasteiger partial charge is 0.231 e. The fourth-order valence-electron chi connectivity index (χ4n) is 1.76. The monoisotopic (exact) mass is 266 g/mol. The molecule has 19 heavy (non-hydrogen) atoms. The molecule has 0 bridgehead atoms. The van der Waals surface area contributed by atoms with Crippen molar-refractivity contribution in [3.05, 3.63) is 35.6 Å². The van der Waals surface area contributed by atoms with Crippen molar-refractivity contribution in [2.45, 2.75) is 26.3 Å². The molecule has 1 aromatic rings. The highest BCUT2D eigenvalue weighted by atomic mass is 19.1. The van der Waals surface area contributed by atoms with Gasteiger partial charge in [-0.15, -0.1) is 0 Å². The molecule has 0 saturated heterocycles. The molecule has 0 heterocycles. The van der Waals surface area contributed by atoms with Crippen LogP contribution in [0.4, 0.5) is 4.39 Å². The van der Waals surface area contributed by atoms with E-state index < -0.39 is 5.91 Å². The van der Waals surface area contributed by atoms with Gasteiger partial charge >= 0.3 is 0 Å². The van der Waals surface area contributed by atoms with Crippen LogP contribution in [0.5, 0.6) is 0 Å². The Bertz CT molecular complexity index is 461. The van der Waals surface area contributed by atoms with E-state index in [2.05, 4.69) is 0 Å². The van der Waals surface area contributed by atoms with Gasteiger partial charge in [-0.2, -0.15) is 0 Å². The first-order chi connectivity index (χ1) is 8.90. The summed E-state index contributed by atoms with van der Waals surface area (Å²) >= 11 is 0. The van der Waals surface area contributed by atoms with Gasteiger partial charge in [-0.1, -0.05) is 18.2 Å². The number of nitrogens with zero attached hydrogens (tertiary/aromatic N) is 1. The standard InChI is InChI=1S/C14H19FN2O2/c1-10(2)17(9-14(16)19)8-12(18)7-11-5-3-4-6-13(11)15/h3-6,10H,7-9H2,1-2H3,(H2,16,19). The fourth-order valence-corrected chi connectivity index (χ4v) is 1.76. The lowest BCUT2D eigenvalue weighted by Gasteiger charge is -2.24. The van der Waals surface area contributed by atoms with E-state index in [9.17, 15) is 14.0 Å².